The van der Waals surface area contributed by atoms with Crippen LogP contribution in [0.1, 0.15) is 6.92 Å². The molecule has 1 aliphatic heterocycles. The monoisotopic (exact) mass is 293 g/mol. The third kappa shape index (κ3) is 2.33. The molecule has 0 aromatic carbocycles. The Labute approximate surface area is 129 Å². The maximum absolute atomic E-state index is 4.67. The number of hydrogen-bond donors (Lipinski definition) is 2. The number of pyridine rings is 2. The van der Waals surface area contributed by atoms with Gasteiger partial charge in [0.15, 0.2) is 0 Å². The molecule has 1 saturated heterocycles. The standard InChI is InChI=1S/C17H19N5/c1-12-11-22(9-8-18-12)16-3-2-13(10-21-16)14-4-6-19-17-15(14)5-7-20-17/h2-7,10,12,18H,8-9,11H2,1H3,(H,19,20)/t12-/m0/s1. The minimum atomic E-state index is 0.509. The molecule has 0 spiro atoms. The van der Waals surface area contributed by atoms with Crippen molar-refractivity contribution in [3.05, 3.63) is 42.9 Å². The molecule has 5 heteroatoms. The molecule has 0 amide bonds. The minimum absolute atomic E-state index is 0.509. The third-order valence-electron chi connectivity index (χ3n) is 4.21. The van der Waals surface area contributed by atoms with E-state index < -0.39 is 0 Å². The van der Waals surface area contributed by atoms with Gasteiger partial charge in [0.25, 0.3) is 0 Å². The van der Waals surface area contributed by atoms with Gasteiger partial charge in [0, 0.05) is 55.2 Å². The molecule has 3 aromatic rings. The summed E-state index contributed by atoms with van der Waals surface area (Å²) in [5, 5.41) is 4.59. The van der Waals surface area contributed by atoms with E-state index in [4.69, 9.17) is 0 Å². The van der Waals surface area contributed by atoms with Crippen LogP contribution in [0, 0.1) is 0 Å². The number of aromatic amines is 1. The molecule has 22 heavy (non-hydrogen) atoms. The highest BCUT2D eigenvalue weighted by Gasteiger charge is 2.16. The summed E-state index contributed by atoms with van der Waals surface area (Å²) < 4.78 is 0. The zero-order valence-electron chi connectivity index (χ0n) is 12.6. The Hall–Kier alpha value is -2.40. The zero-order valence-corrected chi connectivity index (χ0v) is 12.6. The number of anilines is 1. The fraction of sp³-hybridized carbons (Fsp3) is 0.294. The third-order valence-corrected chi connectivity index (χ3v) is 4.21. The van der Waals surface area contributed by atoms with Crippen molar-refractivity contribution in [3.8, 4) is 11.1 Å². The van der Waals surface area contributed by atoms with E-state index in [2.05, 4.69) is 50.3 Å². The van der Waals surface area contributed by atoms with E-state index in [0.717, 1.165) is 42.0 Å². The molecular weight excluding hydrogens is 274 g/mol. The molecule has 4 heterocycles. The van der Waals surface area contributed by atoms with E-state index in [1.165, 1.54) is 5.56 Å². The second kappa shape index (κ2) is 5.42. The average Bonchev–Trinajstić information content (AvgIpc) is 3.04. The Morgan fingerprint density at radius 1 is 1.18 bits per heavy atom. The van der Waals surface area contributed by atoms with Crippen LogP contribution in [0.15, 0.2) is 42.9 Å². The topological polar surface area (TPSA) is 56.8 Å². The van der Waals surface area contributed by atoms with Crippen LogP contribution in [0.5, 0.6) is 0 Å². The van der Waals surface area contributed by atoms with Gasteiger partial charge in [-0.3, -0.25) is 0 Å². The number of piperazine rings is 1. The summed E-state index contributed by atoms with van der Waals surface area (Å²) in [6.07, 6.45) is 5.72. The number of rotatable bonds is 2. The first-order chi connectivity index (χ1) is 10.8. The van der Waals surface area contributed by atoms with Gasteiger partial charge in [-0.1, -0.05) is 0 Å². The van der Waals surface area contributed by atoms with Crippen molar-refractivity contribution >= 4 is 16.9 Å². The molecule has 4 rings (SSSR count). The van der Waals surface area contributed by atoms with Gasteiger partial charge in [-0.25, -0.2) is 9.97 Å². The summed E-state index contributed by atoms with van der Waals surface area (Å²) in [7, 11) is 0. The number of aromatic nitrogens is 3. The summed E-state index contributed by atoms with van der Waals surface area (Å²) >= 11 is 0. The van der Waals surface area contributed by atoms with E-state index in [1.54, 1.807) is 0 Å². The van der Waals surface area contributed by atoms with Gasteiger partial charge in [-0.05, 0) is 36.8 Å². The van der Waals surface area contributed by atoms with Crippen molar-refractivity contribution in [1.82, 2.24) is 20.3 Å². The van der Waals surface area contributed by atoms with Gasteiger partial charge in [0.05, 0.1) is 0 Å². The Kier molecular flexibility index (Phi) is 3.27. The second-order valence-corrected chi connectivity index (χ2v) is 5.80. The largest absolute Gasteiger partial charge is 0.354 e. The Bertz CT molecular complexity index is 777. The van der Waals surface area contributed by atoms with Crippen LogP contribution in [-0.2, 0) is 0 Å². The highest BCUT2D eigenvalue weighted by molar-refractivity contribution is 5.92. The molecule has 112 valence electrons. The van der Waals surface area contributed by atoms with Crippen LogP contribution in [0.4, 0.5) is 5.82 Å². The average molecular weight is 293 g/mol. The van der Waals surface area contributed by atoms with Gasteiger partial charge in [-0.15, -0.1) is 0 Å². The highest BCUT2D eigenvalue weighted by atomic mass is 15.2. The molecule has 0 bridgehead atoms. The summed E-state index contributed by atoms with van der Waals surface area (Å²) in [5.74, 6) is 1.05. The lowest BCUT2D eigenvalue weighted by molar-refractivity contribution is 0.482. The quantitative estimate of drug-likeness (QED) is 0.762. The molecular formula is C17H19N5. The molecule has 1 atom stereocenters. The van der Waals surface area contributed by atoms with Crippen LogP contribution in [0.3, 0.4) is 0 Å². The Balaban J connectivity index is 1.66. The number of H-pyrrole nitrogens is 1. The van der Waals surface area contributed by atoms with E-state index in [0.29, 0.717) is 6.04 Å². The summed E-state index contributed by atoms with van der Waals surface area (Å²) in [5.41, 5.74) is 3.20. The van der Waals surface area contributed by atoms with E-state index in [-0.39, 0.29) is 0 Å². The fourth-order valence-corrected chi connectivity index (χ4v) is 3.09. The lowest BCUT2D eigenvalue weighted by Gasteiger charge is -2.32. The lowest BCUT2D eigenvalue weighted by Crippen LogP contribution is -2.49. The van der Waals surface area contributed by atoms with Crippen LogP contribution >= 0.6 is 0 Å². The van der Waals surface area contributed by atoms with Crippen LogP contribution < -0.4 is 10.2 Å². The normalized spacial score (nSPS) is 18.8. The van der Waals surface area contributed by atoms with Gasteiger partial charge in [-0.2, -0.15) is 0 Å². The molecule has 5 nitrogen and oxygen atoms in total. The van der Waals surface area contributed by atoms with Gasteiger partial charge in [0.2, 0.25) is 0 Å². The van der Waals surface area contributed by atoms with E-state index >= 15 is 0 Å². The van der Waals surface area contributed by atoms with Crippen molar-refractivity contribution in [1.29, 1.82) is 0 Å². The maximum atomic E-state index is 4.67. The van der Waals surface area contributed by atoms with Crippen LogP contribution in [0.2, 0.25) is 0 Å². The van der Waals surface area contributed by atoms with Crippen molar-refractivity contribution < 1.29 is 0 Å². The summed E-state index contributed by atoms with van der Waals surface area (Å²) in [6.45, 7) is 5.23. The molecule has 2 N–H and O–H groups in total. The van der Waals surface area contributed by atoms with Gasteiger partial charge < -0.3 is 15.2 Å². The molecule has 1 fully saturated rings. The van der Waals surface area contributed by atoms with Crippen LogP contribution in [0.25, 0.3) is 22.2 Å². The Morgan fingerprint density at radius 3 is 2.95 bits per heavy atom. The van der Waals surface area contributed by atoms with E-state index in [1.807, 2.05) is 24.7 Å². The van der Waals surface area contributed by atoms with Gasteiger partial charge >= 0.3 is 0 Å². The number of nitrogens with one attached hydrogen (secondary N) is 2. The predicted molar refractivity (Wildman–Crippen MR) is 89.0 cm³/mol. The Morgan fingerprint density at radius 2 is 2.14 bits per heavy atom. The maximum Gasteiger partial charge on any atom is 0.137 e. The smallest absolute Gasteiger partial charge is 0.137 e. The molecule has 3 aromatic heterocycles. The van der Waals surface area contributed by atoms with Crippen molar-refractivity contribution in [2.75, 3.05) is 24.5 Å². The fourth-order valence-electron chi connectivity index (χ4n) is 3.09. The number of fused-ring (bicyclic) bond motifs is 1. The molecule has 0 unspecified atom stereocenters. The molecule has 0 saturated carbocycles. The first-order valence-corrected chi connectivity index (χ1v) is 7.68. The van der Waals surface area contributed by atoms with E-state index in [9.17, 15) is 0 Å². The first kappa shape index (κ1) is 13.3. The minimum Gasteiger partial charge on any atom is -0.354 e. The van der Waals surface area contributed by atoms with Crippen molar-refractivity contribution in [2.24, 2.45) is 0 Å². The summed E-state index contributed by atoms with van der Waals surface area (Å²) in [4.78, 5) is 14.5. The predicted octanol–water partition coefficient (Wildman–Crippen LogP) is 2.42. The molecule has 0 aliphatic carbocycles. The number of nitrogens with zero attached hydrogens (tertiary/aromatic N) is 3. The highest BCUT2D eigenvalue weighted by Crippen LogP contribution is 2.27. The molecule has 0 radical (unpaired) electrons. The zero-order chi connectivity index (χ0) is 14.9. The summed E-state index contributed by atoms with van der Waals surface area (Å²) in [6, 6.07) is 8.88. The number of hydrogen-bond acceptors (Lipinski definition) is 4. The second-order valence-electron chi connectivity index (χ2n) is 5.80. The molecule has 1 aliphatic rings. The SMILES string of the molecule is C[C@H]1CN(c2ccc(-c3ccnc4[nH]ccc34)cn2)CCN1. The first-order valence-electron chi connectivity index (χ1n) is 7.68. The van der Waals surface area contributed by atoms with Crippen molar-refractivity contribution in [2.45, 2.75) is 13.0 Å². The lowest BCUT2D eigenvalue weighted by atomic mass is 10.1. The van der Waals surface area contributed by atoms with Crippen molar-refractivity contribution in [3.63, 3.8) is 0 Å². The van der Waals surface area contributed by atoms with Crippen LogP contribution in [-0.4, -0.2) is 40.6 Å². The van der Waals surface area contributed by atoms with Gasteiger partial charge in [0.1, 0.15) is 11.5 Å².